The van der Waals surface area contributed by atoms with Gasteiger partial charge in [0, 0.05) is 6.54 Å². The molecule has 2 aromatic carbocycles. The number of nitrogens with one attached hydrogen (secondary N) is 2. The van der Waals surface area contributed by atoms with Gasteiger partial charge in [-0.05, 0) is 54.5 Å². The van der Waals surface area contributed by atoms with Crippen LogP contribution in [-0.4, -0.2) is 25.0 Å². The quantitative estimate of drug-likeness (QED) is 0.423. The van der Waals surface area contributed by atoms with Crippen LogP contribution in [0.4, 0.5) is 4.39 Å². The summed E-state index contributed by atoms with van der Waals surface area (Å²) in [6.07, 6.45) is 1.57. The monoisotopic (exact) mass is 395 g/mol. The van der Waals surface area contributed by atoms with Gasteiger partial charge in [0.15, 0.2) is 16.6 Å². The Morgan fingerprint density at radius 1 is 1.31 bits per heavy atom. The summed E-state index contributed by atoms with van der Waals surface area (Å²) in [4.78, 5) is 0. The maximum atomic E-state index is 13.0. The lowest BCUT2D eigenvalue weighted by Crippen LogP contribution is -2.31. The standard InChI is InChI=1S/C18H19ClFN3O2S/c1-3-21-18(26)23-22-10-13-8-15(19)17(16(9-13)24-2)25-11-12-4-6-14(20)7-5-12/h4-10H,3,11H2,1-2H3,(H2,21,23,26)/b22-10+. The van der Waals surface area contributed by atoms with E-state index in [0.29, 0.717) is 33.7 Å². The third-order valence-electron chi connectivity index (χ3n) is 3.27. The molecule has 0 amide bonds. The Bertz CT molecular complexity index is 785. The topological polar surface area (TPSA) is 54.9 Å². The van der Waals surface area contributed by atoms with Crippen LogP contribution in [-0.2, 0) is 6.61 Å². The van der Waals surface area contributed by atoms with Gasteiger partial charge in [-0.3, -0.25) is 5.43 Å². The minimum absolute atomic E-state index is 0.238. The molecule has 138 valence electrons. The van der Waals surface area contributed by atoms with Gasteiger partial charge in [-0.15, -0.1) is 0 Å². The fourth-order valence-electron chi connectivity index (χ4n) is 2.06. The van der Waals surface area contributed by atoms with Crippen molar-refractivity contribution < 1.29 is 13.9 Å². The van der Waals surface area contributed by atoms with Crippen molar-refractivity contribution in [2.45, 2.75) is 13.5 Å². The predicted octanol–water partition coefficient (Wildman–Crippen LogP) is 3.88. The first kappa shape index (κ1) is 19.9. The molecule has 26 heavy (non-hydrogen) atoms. The number of benzene rings is 2. The minimum Gasteiger partial charge on any atom is -0.493 e. The highest BCUT2D eigenvalue weighted by Crippen LogP contribution is 2.36. The fourth-order valence-corrected chi connectivity index (χ4v) is 2.53. The van der Waals surface area contributed by atoms with E-state index in [0.717, 1.165) is 5.56 Å². The van der Waals surface area contributed by atoms with Gasteiger partial charge in [0.25, 0.3) is 0 Å². The lowest BCUT2D eigenvalue weighted by atomic mass is 10.2. The van der Waals surface area contributed by atoms with E-state index in [1.165, 1.54) is 19.2 Å². The molecule has 0 unspecified atom stereocenters. The van der Waals surface area contributed by atoms with Crippen LogP contribution in [0.3, 0.4) is 0 Å². The van der Waals surface area contributed by atoms with Crippen LogP contribution < -0.4 is 20.2 Å². The molecule has 2 aromatic rings. The summed E-state index contributed by atoms with van der Waals surface area (Å²) in [5.74, 6) is 0.581. The summed E-state index contributed by atoms with van der Waals surface area (Å²) in [5.41, 5.74) is 4.23. The normalized spacial score (nSPS) is 10.6. The van der Waals surface area contributed by atoms with E-state index in [9.17, 15) is 4.39 Å². The van der Waals surface area contributed by atoms with Gasteiger partial charge < -0.3 is 14.8 Å². The van der Waals surface area contributed by atoms with Gasteiger partial charge in [0.1, 0.15) is 12.4 Å². The predicted molar refractivity (Wildman–Crippen MR) is 106 cm³/mol. The summed E-state index contributed by atoms with van der Waals surface area (Å²) < 4.78 is 24.1. The first-order chi connectivity index (χ1) is 12.5. The van der Waals surface area contributed by atoms with Crippen LogP contribution in [0.1, 0.15) is 18.1 Å². The van der Waals surface area contributed by atoms with Crippen molar-refractivity contribution >= 4 is 35.1 Å². The molecule has 0 fully saturated rings. The SMILES string of the molecule is CCNC(=S)N/N=C/c1cc(Cl)c(OCc2ccc(F)cc2)c(OC)c1. The zero-order valence-electron chi connectivity index (χ0n) is 14.4. The first-order valence-electron chi connectivity index (χ1n) is 7.85. The third kappa shape index (κ3) is 5.86. The molecule has 0 aliphatic heterocycles. The molecule has 2 N–H and O–H groups in total. The number of methoxy groups -OCH3 is 1. The molecule has 0 aliphatic rings. The average molecular weight is 396 g/mol. The number of nitrogens with zero attached hydrogens (tertiary/aromatic N) is 1. The van der Waals surface area contributed by atoms with Crippen LogP contribution >= 0.6 is 23.8 Å². The van der Waals surface area contributed by atoms with E-state index in [1.54, 1.807) is 30.5 Å². The number of hydrazone groups is 1. The van der Waals surface area contributed by atoms with Crippen LogP contribution in [0.15, 0.2) is 41.5 Å². The van der Waals surface area contributed by atoms with E-state index in [1.807, 2.05) is 6.92 Å². The minimum atomic E-state index is -0.296. The Morgan fingerprint density at radius 2 is 2.04 bits per heavy atom. The highest BCUT2D eigenvalue weighted by atomic mass is 35.5. The van der Waals surface area contributed by atoms with Gasteiger partial charge in [-0.1, -0.05) is 23.7 Å². The van der Waals surface area contributed by atoms with Crippen molar-refractivity contribution in [3.63, 3.8) is 0 Å². The van der Waals surface area contributed by atoms with Crippen molar-refractivity contribution in [1.82, 2.24) is 10.7 Å². The number of hydrogen-bond donors (Lipinski definition) is 2. The Hall–Kier alpha value is -2.38. The van der Waals surface area contributed by atoms with Crippen LogP contribution in [0.5, 0.6) is 11.5 Å². The Morgan fingerprint density at radius 3 is 2.69 bits per heavy atom. The summed E-state index contributed by atoms with van der Waals surface area (Å²) in [6, 6.07) is 9.49. The second kappa shape index (κ2) is 9.94. The molecule has 0 spiro atoms. The highest BCUT2D eigenvalue weighted by Gasteiger charge is 2.12. The molecule has 2 rings (SSSR count). The number of ether oxygens (including phenoxy) is 2. The van der Waals surface area contributed by atoms with Crippen molar-refractivity contribution in [1.29, 1.82) is 0 Å². The van der Waals surface area contributed by atoms with Gasteiger partial charge in [-0.25, -0.2) is 4.39 Å². The molecule has 0 heterocycles. The Kier molecular flexibility index (Phi) is 7.62. The summed E-state index contributed by atoms with van der Waals surface area (Å²) in [6.45, 7) is 2.89. The van der Waals surface area contributed by atoms with E-state index in [-0.39, 0.29) is 12.4 Å². The molecule has 8 heteroatoms. The molecule has 0 saturated heterocycles. The smallest absolute Gasteiger partial charge is 0.186 e. The van der Waals surface area contributed by atoms with Gasteiger partial charge in [0.2, 0.25) is 0 Å². The molecular weight excluding hydrogens is 377 g/mol. The molecule has 0 bridgehead atoms. The van der Waals surface area contributed by atoms with E-state index in [2.05, 4.69) is 15.8 Å². The molecule has 0 saturated carbocycles. The average Bonchev–Trinajstić information content (AvgIpc) is 2.62. The maximum Gasteiger partial charge on any atom is 0.186 e. The molecule has 0 aliphatic carbocycles. The van der Waals surface area contributed by atoms with Gasteiger partial charge in [-0.2, -0.15) is 5.10 Å². The molecule has 5 nitrogen and oxygen atoms in total. The fraction of sp³-hybridized carbons (Fsp3) is 0.222. The Labute approximate surface area is 162 Å². The maximum absolute atomic E-state index is 13.0. The lowest BCUT2D eigenvalue weighted by Gasteiger charge is -2.13. The number of halogens is 2. The van der Waals surface area contributed by atoms with Crippen LogP contribution in [0.25, 0.3) is 0 Å². The number of thiocarbonyl (C=S) groups is 1. The van der Waals surface area contributed by atoms with Crippen molar-refractivity contribution in [3.8, 4) is 11.5 Å². The number of hydrogen-bond acceptors (Lipinski definition) is 4. The molecular formula is C18H19ClFN3O2S. The molecule has 0 radical (unpaired) electrons. The Balaban J connectivity index is 2.09. The van der Waals surface area contributed by atoms with E-state index >= 15 is 0 Å². The van der Waals surface area contributed by atoms with E-state index in [4.69, 9.17) is 33.3 Å². The largest absolute Gasteiger partial charge is 0.493 e. The third-order valence-corrected chi connectivity index (χ3v) is 3.78. The summed E-state index contributed by atoms with van der Waals surface area (Å²) in [7, 11) is 1.52. The summed E-state index contributed by atoms with van der Waals surface area (Å²) >= 11 is 11.3. The zero-order chi connectivity index (χ0) is 18.9. The van der Waals surface area contributed by atoms with Gasteiger partial charge >= 0.3 is 0 Å². The second-order valence-corrected chi connectivity index (χ2v) is 5.99. The van der Waals surface area contributed by atoms with Crippen molar-refractivity contribution in [2.24, 2.45) is 5.10 Å². The lowest BCUT2D eigenvalue weighted by molar-refractivity contribution is 0.284. The zero-order valence-corrected chi connectivity index (χ0v) is 16.0. The van der Waals surface area contributed by atoms with Crippen LogP contribution in [0.2, 0.25) is 5.02 Å². The number of rotatable bonds is 7. The van der Waals surface area contributed by atoms with Crippen molar-refractivity contribution in [2.75, 3.05) is 13.7 Å². The van der Waals surface area contributed by atoms with E-state index < -0.39 is 0 Å². The molecule has 0 aromatic heterocycles. The van der Waals surface area contributed by atoms with Gasteiger partial charge in [0.05, 0.1) is 18.3 Å². The first-order valence-corrected chi connectivity index (χ1v) is 8.63. The van der Waals surface area contributed by atoms with Crippen molar-refractivity contribution in [3.05, 3.63) is 58.4 Å². The second-order valence-electron chi connectivity index (χ2n) is 5.18. The van der Waals surface area contributed by atoms with Crippen LogP contribution in [0, 0.1) is 5.82 Å². The summed E-state index contributed by atoms with van der Waals surface area (Å²) in [5, 5.41) is 7.77. The molecule has 0 atom stereocenters. The highest BCUT2D eigenvalue weighted by molar-refractivity contribution is 7.80.